The highest BCUT2D eigenvalue weighted by atomic mass is 79.9. The van der Waals surface area contributed by atoms with E-state index in [1.54, 1.807) is 0 Å². The number of hydrogen-bond acceptors (Lipinski definition) is 2. The molecule has 2 N–H and O–H groups in total. The number of aliphatic hydroxyl groups is 2. The number of aryl methyl sites for hydroxylation is 2. The van der Waals surface area contributed by atoms with E-state index in [2.05, 4.69) is 71.5 Å². The average molecular weight is 629 g/mol. The number of pyridine rings is 1. The van der Waals surface area contributed by atoms with Crippen LogP contribution < -0.4 is 21.5 Å². The van der Waals surface area contributed by atoms with Crippen molar-refractivity contribution in [3.8, 4) is 0 Å². The van der Waals surface area contributed by atoms with Crippen molar-refractivity contribution >= 4 is 0 Å². The molecule has 41 heavy (non-hydrogen) atoms. The van der Waals surface area contributed by atoms with Crippen molar-refractivity contribution in [2.24, 2.45) is 56.7 Å². The van der Waals surface area contributed by atoms with E-state index in [1.807, 2.05) is 0 Å². The third kappa shape index (κ3) is 4.41. The molecule has 3 nitrogen and oxygen atoms in total. The smallest absolute Gasteiger partial charge is 0.172 e. The Bertz CT molecular complexity index is 1160. The molecule has 0 aromatic carbocycles. The molecule has 0 aliphatic heterocycles. The van der Waals surface area contributed by atoms with E-state index < -0.39 is 0 Å². The van der Waals surface area contributed by atoms with Gasteiger partial charge in [0.05, 0.1) is 6.10 Å². The molecule has 1 aromatic rings. The van der Waals surface area contributed by atoms with Crippen LogP contribution in [0.3, 0.4) is 0 Å². The zero-order valence-corrected chi connectivity index (χ0v) is 28.7. The summed E-state index contributed by atoms with van der Waals surface area (Å²) in [6.07, 6.45) is 16.5. The molecule has 5 aliphatic rings. The van der Waals surface area contributed by atoms with Gasteiger partial charge >= 0.3 is 0 Å². The summed E-state index contributed by atoms with van der Waals surface area (Å²) < 4.78 is 2.35. The first kappa shape index (κ1) is 31.7. The molecule has 5 aliphatic carbocycles. The van der Waals surface area contributed by atoms with Gasteiger partial charge in [-0.3, -0.25) is 0 Å². The summed E-state index contributed by atoms with van der Waals surface area (Å²) >= 11 is 0. The molecule has 5 saturated carbocycles. The SMILES string of the molecule is C=C(C[n+]1cc(C)cc(C)c1)[C@@H]1CC[C@]2(CO)CC[C@]3(C)[C@H](CC[C@@H]4[C@@]5(C)CCC(O)C(C)(C)[C@@H]5CC[C@]43C)[C@@H]12.[Br-]. The van der Waals surface area contributed by atoms with E-state index in [-0.39, 0.29) is 33.9 Å². The van der Waals surface area contributed by atoms with Crippen LogP contribution >= 0.6 is 0 Å². The van der Waals surface area contributed by atoms with Crippen molar-refractivity contribution in [1.29, 1.82) is 0 Å². The van der Waals surface area contributed by atoms with Gasteiger partial charge in [-0.05, 0) is 146 Å². The number of nitrogens with zero attached hydrogens (tertiary/aromatic N) is 1. The Morgan fingerprint density at radius 2 is 1.54 bits per heavy atom. The van der Waals surface area contributed by atoms with Crippen molar-refractivity contribution in [3.05, 3.63) is 41.7 Å². The van der Waals surface area contributed by atoms with Gasteiger partial charge in [0.1, 0.15) is 0 Å². The van der Waals surface area contributed by atoms with Crippen molar-refractivity contribution in [2.75, 3.05) is 6.61 Å². The van der Waals surface area contributed by atoms with Gasteiger partial charge in [0.25, 0.3) is 0 Å². The van der Waals surface area contributed by atoms with Crippen molar-refractivity contribution in [2.45, 2.75) is 125 Å². The van der Waals surface area contributed by atoms with Gasteiger partial charge in [0, 0.05) is 17.7 Å². The zero-order valence-electron chi connectivity index (χ0n) is 27.1. The molecular formula is C37H58BrNO2. The van der Waals surface area contributed by atoms with Crippen LogP contribution in [0.2, 0.25) is 0 Å². The van der Waals surface area contributed by atoms with Crippen LogP contribution in [0.5, 0.6) is 0 Å². The van der Waals surface area contributed by atoms with Crippen LogP contribution in [0.1, 0.15) is 110 Å². The molecule has 230 valence electrons. The highest BCUT2D eigenvalue weighted by Crippen LogP contribution is 2.77. The molecule has 10 atom stereocenters. The Morgan fingerprint density at radius 3 is 2.20 bits per heavy atom. The van der Waals surface area contributed by atoms with Gasteiger partial charge in [-0.15, -0.1) is 0 Å². The lowest BCUT2D eigenvalue weighted by molar-refractivity contribution is -0.690. The Balaban J connectivity index is 0.00000337. The number of aromatic nitrogens is 1. The topological polar surface area (TPSA) is 44.3 Å². The van der Waals surface area contributed by atoms with Gasteiger partial charge in [0.2, 0.25) is 0 Å². The highest BCUT2D eigenvalue weighted by molar-refractivity contribution is 5.22. The normalized spacial score (nSPS) is 46.4. The second-order valence-corrected chi connectivity index (χ2v) is 17.0. The Labute approximate surface area is 261 Å². The molecule has 0 spiro atoms. The lowest BCUT2D eigenvalue weighted by Gasteiger charge is -2.73. The molecule has 4 heteroatoms. The molecule has 0 saturated heterocycles. The molecule has 1 aromatic heterocycles. The molecular weight excluding hydrogens is 570 g/mol. The predicted octanol–water partition coefficient (Wildman–Crippen LogP) is 4.59. The predicted molar refractivity (Wildman–Crippen MR) is 162 cm³/mol. The number of fused-ring (bicyclic) bond motifs is 7. The van der Waals surface area contributed by atoms with Crippen LogP contribution in [0.4, 0.5) is 0 Å². The summed E-state index contributed by atoms with van der Waals surface area (Å²) in [6, 6.07) is 2.25. The van der Waals surface area contributed by atoms with Gasteiger partial charge in [-0.2, -0.15) is 0 Å². The van der Waals surface area contributed by atoms with Crippen molar-refractivity contribution in [3.63, 3.8) is 0 Å². The molecule has 6 rings (SSSR count). The fraction of sp³-hybridized carbons (Fsp3) is 0.811. The van der Waals surface area contributed by atoms with Crippen LogP contribution in [-0.2, 0) is 6.54 Å². The molecule has 0 amide bonds. The second kappa shape index (κ2) is 10.4. The van der Waals surface area contributed by atoms with Crippen LogP contribution in [-0.4, -0.2) is 22.9 Å². The number of aliphatic hydroxyl groups excluding tert-OH is 2. The van der Waals surface area contributed by atoms with Gasteiger partial charge in [-0.25, -0.2) is 4.57 Å². The summed E-state index contributed by atoms with van der Waals surface area (Å²) in [6.45, 7) is 23.1. The van der Waals surface area contributed by atoms with Crippen molar-refractivity contribution < 1.29 is 31.8 Å². The minimum Gasteiger partial charge on any atom is -1.00 e. The molecule has 0 radical (unpaired) electrons. The second-order valence-electron chi connectivity index (χ2n) is 17.0. The Kier molecular flexibility index (Phi) is 8.07. The van der Waals surface area contributed by atoms with Crippen LogP contribution in [0.15, 0.2) is 30.6 Å². The summed E-state index contributed by atoms with van der Waals surface area (Å²) in [5, 5.41) is 22.0. The molecule has 1 unspecified atom stereocenters. The fourth-order valence-electron chi connectivity index (χ4n) is 12.9. The molecule has 5 fully saturated rings. The first-order valence-electron chi connectivity index (χ1n) is 16.7. The standard InChI is InChI=1S/C37H58NO2.BrH/c1-24-19-25(2)21-38(20-24)22-26(3)27-11-16-37(23-39)18-17-35(7)28(32(27)37)9-10-30-34(6)14-13-31(40)33(4,5)29(34)12-15-36(30,35)8;/h19-21,27-32,39-40H,3,9-18,22-23H2,1-2,4-8H3;1H/q+1;/p-1/t27-,28+,29-,30+,31?,32+,34-,35+,36+,37+;/m0./s1. The summed E-state index contributed by atoms with van der Waals surface area (Å²) in [5.41, 5.74) is 5.00. The van der Waals surface area contributed by atoms with E-state index in [0.29, 0.717) is 46.5 Å². The number of allylic oxidation sites excluding steroid dienone is 1. The first-order valence-corrected chi connectivity index (χ1v) is 16.7. The van der Waals surface area contributed by atoms with E-state index >= 15 is 0 Å². The third-order valence-electron chi connectivity index (χ3n) is 15.0. The van der Waals surface area contributed by atoms with Gasteiger partial charge < -0.3 is 27.2 Å². The third-order valence-corrected chi connectivity index (χ3v) is 15.0. The number of rotatable bonds is 4. The summed E-state index contributed by atoms with van der Waals surface area (Å²) in [7, 11) is 0. The van der Waals surface area contributed by atoms with Crippen LogP contribution in [0, 0.1) is 70.5 Å². The maximum atomic E-state index is 11.0. The maximum Gasteiger partial charge on any atom is 0.172 e. The number of hydrogen-bond donors (Lipinski definition) is 2. The quantitative estimate of drug-likeness (QED) is 0.379. The monoisotopic (exact) mass is 627 g/mol. The largest absolute Gasteiger partial charge is 1.00 e. The van der Waals surface area contributed by atoms with Crippen LogP contribution in [0.25, 0.3) is 0 Å². The minimum atomic E-state index is -0.165. The zero-order chi connectivity index (χ0) is 28.9. The first-order chi connectivity index (χ1) is 18.7. The van der Waals surface area contributed by atoms with E-state index in [4.69, 9.17) is 6.58 Å². The van der Waals surface area contributed by atoms with Gasteiger partial charge in [-0.1, -0.05) is 41.2 Å². The van der Waals surface area contributed by atoms with E-state index in [0.717, 1.165) is 25.3 Å². The summed E-state index contributed by atoms with van der Waals surface area (Å²) in [4.78, 5) is 0. The van der Waals surface area contributed by atoms with Gasteiger partial charge in [0.15, 0.2) is 18.9 Å². The van der Waals surface area contributed by atoms with Crippen molar-refractivity contribution in [1.82, 2.24) is 0 Å². The Hall–Kier alpha value is -0.710. The van der Waals surface area contributed by atoms with E-state index in [1.165, 1.54) is 68.1 Å². The highest BCUT2D eigenvalue weighted by Gasteiger charge is 2.70. The Morgan fingerprint density at radius 1 is 0.854 bits per heavy atom. The molecule has 1 heterocycles. The summed E-state index contributed by atoms with van der Waals surface area (Å²) in [5.74, 6) is 3.03. The average Bonchev–Trinajstić information content (AvgIpc) is 3.27. The molecule has 0 bridgehead atoms. The maximum absolute atomic E-state index is 11.0. The minimum absolute atomic E-state index is 0. The lowest BCUT2D eigenvalue weighted by Crippen LogP contribution is -3.00. The fourth-order valence-corrected chi connectivity index (χ4v) is 12.9. The van der Waals surface area contributed by atoms with E-state index in [9.17, 15) is 10.2 Å². The number of halogens is 1. The lowest BCUT2D eigenvalue weighted by atomic mass is 9.32.